The molecular weight excluding hydrogens is 292 g/mol. The molecule has 0 saturated heterocycles. The number of nitrogens with one attached hydrogen (secondary N) is 2. The highest BCUT2D eigenvalue weighted by molar-refractivity contribution is 9.10. The number of carbonyl (C=O) groups excluding carboxylic acids is 1. The van der Waals surface area contributed by atoms with E-state index in [-0.39, 0.29) is 5.91 Å². The van der Waals surface area contributed by atoms with Crippen LogP contribution in [-0.4, -0.2) is 19.0 Å². The lowest BCUT2D eigenvalue weighted by molar-refractivity contribution is -0.115. The summed E-state index contributed by atoms with van der Waals surface area (Å²) in [5, 5.41) is 6.00. The van der Waals surface area contributed by atoms with E-state index >= 15 is 0 Å². The minimum absolute atomic E-state index is 0.00173. The molecule has 3 nitrogen and oxygen atoms in total. The number of amides is 1. The van der Waals surface area contributed by atoms with Gasteiger partial charge in [0.25, 0.3) is 0 Å². The van der Waals surface area contributed by atoms with Gasteiger partial charge in [0.15, 0.2) is 0 Å². The molecule has 0 spiro atoms. The second-order valence-electron chi connectivity index (χ2n) is 4.77. The minimum Gasteiger partial charge on any atom is -0.325 e. The lowest BCUT2D eigenvalue weighted by Crippen LogP contribution is -2.28. The first-order chi connectivity index (χ1) is 8.58. The van der Waals surface area contributed by atoms with E-state index in [4.69, 9.17) is 0 Å². The Morgan fingerprint density at radius 2 is 1.94 bits per heavy atom. The van der Waals surface area contributed by atoms with Crippen LogP contribution in [0.2, 0.25) is 0 Å². The number of halogens is 1. The van der Waals surface area contributed by atoms with E-state index in [0.717, 1.165) is 29.0 Å². The largest absolute Gasteiger partial charge is 0.325 e. The molecule has 1 amide bonds. The van der Waals surface area contributed by atoms with E-state index < -0.39 is 0 Å². The lowest BCUT2D eigenvalue weighted by Gasteiger charge is -2.07. The Morgan fingerprint density at radius 3 is 2.56 bits per heavy atom. The Kier molecular flexibility index (Phi) is 6.98. The Hall–Kier alpha value is -0.870. The highest BCUT2D eigenvalue weighted by Gasteiger charge is 2.01. The standard InChI is InChI=1S/C14H21BrN2O/c1-11(2)4-3-9-16-10-14(18)17-13-7-5-12(15)6-8-13/h5-8,11,16H,3-4,9-10H2,1-2H3,(H,17,18). The minimum atomic E-state index is 0.00173. The van der Waals surface area contributed by atoms with Crippen LogP contribution < -0.4 is 10.6 Å². The van der Waals surface area contributed by atoms with E-state index in [2.05, 4.69) is 40.4 Å². The maximum atomic E-state index is 11.6. The first-order valence-corrected chi connectivity index (χ1v) is 7.13. The number of hydrogen-bond acceptors (Lipinski definition) is 2. The molecule has 4 heteroatoms. The normalized spacial score (nSPS) is 10.7. The van der Waals surface area contributed by atoms with Crippen LogP contribution in [0.5, 0.6) is 0 Å². The van der Waals surface area contributed by atoms with Crippen LogP contribution in [0.25, 0.3) is 0 Å². The molecule has 0 aliphatic rings. The SMILES string of the molecule is CC(C)CCCNCC(=O)Nc1ccc(Br)cc1. The van der Waals surface area contributed by atoms with Crippen molar-refractivity contribution in [3.63, 3.8) is 0 Å². The van der Waals surface area contributed by atoms with Crippen molar-refractivity contribution >= 4 is 27.5 Å². The summed E-state index contributed by atoms with van der Waals surface area (Å²) in [5.41, 5.74) is 0.826. The molecule has 0 fully saturated rings. The van der Waals surface area contributed by atoms with Gasteiger partial charge in [-0.2, -0.15) is 0 Å². The summed E-state index contributed by atoms with van der Waals surface area (Å²) in [5.74, 6) is 0.727. The van der Waals surface area contributed by atoms with Crippen molar-refractivity contribution in [2.45, 2.75) is 26.7 Å². The zero-order valence-electron chi connectivity index (χ0n) is 11.0. The topological polar surface area (TPSA) is 41.1 Å². The van der Waals surface area contributed by atoms with Crippen LogP contribution in [0, 0.1) is 5.92 Å². The molecule has 0 atom stereocenters. The monoisotopic (exact) mass is 312 g/mol. The quantitative estimate of drug-likeness (QED) is 0.757. The Labute approximate surface area is 117 Å². The first-order valence-electron chi connectivity index (χ1n) is 6.34. The average molecular weight is 313 g/mol. The van der Waals surface area contributed by atoms with Gasteiger partial charge in [-0.1, -0.05) is 29.8 Å². The van der Waals surface area contributed by atoms with Crippen molar-refractivity contribution in [2.75, 3.05) is 18.4 Å². The molecule has 0 heterocycles. The fraction of sp³-hybridized carbons (Fsp3) is 0.500. The highest BCUT2D eigenvalue weighted by atomic mass is 79.9. The van der Waals surface area contributed by atoms with Crippen molar-refractivity contribution in [2.24, 2.45) is 5.92 Å². The van der Waals surface area contributed by atoms with E-state index in [1.807, 2.05) is 24.3 Å². The van der Waals surface area contributed by atoms with Gasteiger partial charge in [-0.05, 0) is 49.6 Å². The van der Waals surface area contributed by atoms with Crippen LogP contribution in [0.3, 0.4) is 0 Å². The molecule has 0 bridgehead atoms. The predicted octanol–water partition coefficient (Wildman–Crippen LogP) is 3.41. The van der Waals surface area contributed by atoms with E-state index in [9.17, 15) is 4.79 Å². The summed E-state index contributed by atoms with van der Waals surface area (Å²) in [6.07, 6.45) is 2.31. The summed E-state index contributed by atoms with van der Waals surface area (Å²) in [7, 11) is 0. The van der Waals surface area contributed by atoms with Gasteiger partial charge in [-0.25, -0.2) is 0 Å². The second-order valence-corrected chi connectivity index (χ2v) is 5.68. The third-order valence-electron chi connectivity index (χ3n) is 2.55. The van der Waals surface area contributed by atoms with Crippen LogP contribution in [-0.2, 0) is 4.79 Å². The van der Waals surface area contributed by atoms with Gasteiger partial charge in [0, 0.05) is 10.2 Å². The summed E-state index contributed by atoms with van der Waals surface area (Å²) in [6.45, 7) is 5.68. The van der Waals surface area contributed by atoms with Crippen molar-refractivity contribution in [1.29, 1.82) is 0 Å². The molecule has 100 valence electrons. The second kappa shape index (κ2) is 8.27. The third kappa shape index (κ3) is 6.77. The number of hydrogen-bond donors (Lipinski definition) is 2. The molecule has 2 N–H and O–H groups in total. The van der Waals surface area contributed by atoms with Crippen LogP contribution in [0.1, 0.15) is 26.7 Å². The Morgan fingerprint density at radius 1 is 1.28 bits per heavy atom. The van der Waals surface area contributed by atoms with Crippen LogP contribution in [0.4, 0.5) is 5.69 Å². The maximum absolute atomic E-state index is 11.6. The number of benzene rings is 1. The van der Waals surface area contributed by atoms with Crippen molar-refractivity contribution < 1.29 is 4.79 Å². The van der Waals surface area contributed by atoms with Gasteiger partial charge >= 0.3 is 0 Å². The van der Waals surface area contributed by atoms with Gasteiger partial charge < -0.3 is 10.6 Å². The highest BCUT2D eigenvalue weighted by Crippen LogP contribution is 2.13. The molecule has 1 aromatic rings. The van der Waals surface area contributed by atoms with Gasteiger partial charge in [-0.3, -0.25) is 4.79 Å². The van der Waals surface area contributed by atoms with Gasteiger partial charge in [0.1, 0.15) is 0 Å². The lowest BCUT2D eigenvalue weighted by atomic mass is 10.1. The molecular formula is C14H21BrN2O. The molecule has 0 aromatic heterocycles. The number of carbonyl (C=O) groups is 1. The zero-order chi connectivity index (χ0) is 13.4. The molecule has 1 aromatic carbocycles. The molecule has 0 aliphatic carbocycles. The summed E-state index contributed by atoms with van der Waals surface area (Å²) >= 11 is 3.36. The number of anilines is 1. The van der Waals surface area contributed by atoms with Crippen molar-refractivity contribution in [3.05, 3.63) is 28.7 Å². The first kappa shape index (κ1) is 15.2. The molecule has 0 unspecified atom stereocenters. The molecule has 0 saturated carbocycles. The Balaban J connectivity index is 2.16. The maximum Gasteiger partial charge on any atom is 0.238 e. The molecule has 1 rings (SSSR count). The number of rotatable bonds is 7. The predicted molar refractivity (Wildman–Crippen MR) is 79.7 cm³/mol. The average Bonchev–Trinajstić information content (AvgIpc) is 2.31. The molecule has 0 aliphatic heterocycles. The van der Waals surface area contributed by atoms with E-state index in [1.165, 1.54) is 6.42 Å². The summed E-state index contributed by atoms with van der Waals surface area (Å²) < 4.78 is 1.01. The fourth-order valence-corrected chi connectivity index (χ4v) is 1.84. The molecule has 0 radical (unpaired) electrons. The smallest absolute Gasteiger partial charge is 0.238 e. The van der Waals surface area contributed by atoms with Crippen molar-refractivity contribution in [3.8, 4) is 0 Å². The van der Waals surface area contributed by atoms with Crippen LogP contribution in [0.15, 0.2) is 28.7 Å². The molecule has 18 heavy (non-hydrogen) atoms. The summed E-state index contributed by atoms with van der Waals surface area (Å²) in [6, 6.07) is 7.57. The van der Waals surface area contributed by atoms with Crippen LogP contribution >= 0.6 is 15.9 Å². The third-order valence-corrected chi connectivity index (χ3v) is 3.08. The Bertz CT molecular complexity index is 363. The van der Waals surface area contributed by atoms with E-state index in [1.54, 1.807) is 0 Å². The van der Waals surface area contributed by atoms with Gasteiger partial charge in [0.2, 0.25) is 5.91 Å². The zero-order valence-corrected chi connectivity index (χ0v) is 12.6. The van der Waals surface area contributed by atoms with Gasteiger partial charge in [-0.15, -0.1) is 0 Å². The van der Waals surface area contributed by atoms with Gasteiger partial charge in [0.05, 0.1) is 6.54 Å². The fourth-order valence-electron chi connectivity index (χ4n) is 1.58. The summed E-state index contributed by atoms with van der Waals surface area (Å²) in [4.78, 5) is 11.6. The van der Waals surface area contributed by atoms with Crippen molar-refractivity contribution in [1.82, 2.24) is 5.32 Å². The van der Waals surface area contributed by atoms with E-state index in [0.29, 0.717) is 6.54 Å².